The zero-order valence-corrected chi connectivity index (χ0v) is 8.15. The van der Waals surface area contributed by atoms with E-state index >= 15 is 0 Å². The lowest BCUT2D eigenvalue weighted by molar-refractivity contribution is -0.118. The second-order valence-corrected chi connectivity index (χ2v) is 2.99. The van der Waals surface area contributed by atoms with Crippen LogP contribution in [0.25, 0.3) is 0 Å². The van der Waals surface area contributed by atoms with Gasteiger partial charge in [0, 0.05) is 18.2 Å². The number of benzene rings is 1. The van der Waals surface area contributed by atoms with E-state index in [9.17, 15) is 13.6 Å². The highest BCUT2D eigenvalue weighted by atomic mass is 32.1. The fourth-order valence-corrected chi connectivity index (χ4v) is 1.03. The Bertz CT molecular complexity index is 344. The van der Waals surface area contributed by atoms with Crippen molar-refractivity contribution < 1.29 is 13.6 Å². The summed E-state index contributed by atoms with van der Waals surface area (Å²) < 4.78 is 25.5. The van der Waals surface area contributed by atoms with E-state index in [1.165, 1.54) is 6.07 Å². The first kappa shape index (κ1) is 11.0. The minimum atomic E-state index is -0.663. The lowest BCUT2D eigenvalue weighted by Crippen LogP contribution is -2.24. The summed E-state index contributed by atoms with van der Waals surface area (Å²) in [5, 5.41) is 2.43. The summed E-state index contributed by atoms with van der Waals surface area (Å²) in [4.78, 5) is 10.8. The van der Waals surface area contributed by atoms with Gasteiger partial charge >= 0.3 is 0 Å². The molecule has 1 rings (SSSR count). The molecule has 0 bridgehead atoms. The van der Waals surface area contributed by atoms with Gasteiger partial charge < -0.3 is 5.32 Å². The molecule has 0 unspecified atom stereocenters. The zero-order valence-electron chi connectivity index (χ0n) is 7.26. The number of carbonyl (C=O) groups excluding carboxylic acids is 1. The van der Waals surface area contributed by atoms with Gasteiger partial charge in [-0.25, -0.2) is 8.78 Å². The molecule has 1 aromatic carbocycles. The summed E-state index contributed by atoms with van der Waals surface area (Å²) in [6, 6.07) is 3.22. The molecule has 76 valence electrons. The highest BCUT2D eigenvalue weighted by Gasteiger charge is 2.04. The van der Waals surface area contributed by atoms with Crippen LogP contribution in [0.5, 0.6) is 0 Å². The van der Waals surface area contributed by atoms with Gasteiger partial charge in [-0.15, -0.1) is 0 Å². The normalized spacial score (nSPS) is 9.93. The number of thiol groups is 1. The summed E-state index contributed by atoms with van der Waals surface area (Å²) in [6.07, 6.45) is 0. The number of hydrogen-bond acceptors (Lipinski definition) is 2. The Morgan fingerprint density at radius 1 is 1.43 bits per heavy atom. The standard InChI is InChI=1S/C9H9F2NOS/c10-7-2-1-6(8(11)3-7)4-12-9(13)5-14/h1-3,14H,4-5H2,(H,12,13). The summed E-state index contributed by atoms with van der Waals surface area (Å²) in [5.74, 6) is -1.55. The Morgan fingerprint density at radius 2 is 2.14 bits per heavy atom. The largest absolute Gasteiger partial charge is 0.351 e. The molecule has 14 heavy (non-hydrogen) atoms. The van der Waals surface area contributed by atoms with E-state index in [0.717, 1.165) is 12.1 Å². The van der Waals surface area contributed by atoms with Crippen LogP contribution in [-0.2, 0) is 11.3 Å². The molecule has 0 saturated heterocycles. The van der Waals surface area contributed by atoms with Crippen LogP contribution >= 0.6 is 12.6 Å². The van der Waals surface area contributed by atoms with E-state index in [4.69, 9.17) is 0 Å². The molecule has 1 N–H and O–H groups in total. The van der Waals surface area contributed by atoms with Gasteiger partial charge in [0.15, 0.2) is 0 Å². The average molecular weight is 217 g/mol. The number of nitrogens with one attached hydrogen (secondary N) is 1. The molecule has 0 radical (unpaired) electrons. The molecule has 5 heteroatoms. The number of hydrogen-bond donors (Lipinski definition) is 2. The summed E-state index contributed by atoms with van der Waals surface area (Å²) in [6.45, 7) is 0.0471. The van der Waals surface area contributed by atoms with E-state index in [0.29, 0.717) is 0 Å². The number of halogens is 2. The molecule has 2 nitrogen and oxygen atoms in total. The van der Waals surface area contributed by atoms with Crippen LogP contribution in [0.1, 0.15) is 5.56 Å². The molecule has 0 aliphatic carbocycles. The minimum absolute atomic E-state index is 0.0445. The monoisotopic (exact) mass is 217 g/mol. The molecule has 0 aliphatic rings. The Balaban J connectivity index is 2.63. The molecule has 0 fully saturated rings. The topological polar surface area (TPSA) is 29.1 Å². The number of amides is 1. The Kier molecular flexibility index (Phi) is 3.88. The van der Waals surface area contributed by atoms with Gasteiger partial charge in [-0.05, 0) is 6.07 Å². The van der Waals surface area contributed by atoms with Crippen LogP contribution in [0.15, 0.2) is 18.2 Å². The molecule has 1 amide bonds. The molecule has 0 spiro atoms. The van der Waals surface area contributed by atoms with E-state index in [1.807, 2.05) is 0 Å². The molecule has 0 atom stereocenters. The van der Waals surface area contributed by atoms with Crippen molar-refractivity contribution in [3.8, 4) is 0 Å². The minimum Gasteiger partial charge on any atom is -0.351 e. The predicted molar refractivity (Wildman–Crippen MR) is 52.1 cm³/mol. The highest BCUT2D eigenvalue weighted by Crippen LogP contribution is 2.08. The maximum Gasteiger partial charge on any atom is 0.229 e. The van der Waals surface area contributed by atoms with Gasteiger partial charge in [-0.1, -0.05) is 6.07 Å². The summed E-state index contributed by atoms with van der Waals surface area (Å²) in [7, 11) is 0. The van der Waals surface area contributed by atoms with E-state index < -0.39 is 11.6 Å². The molecule has 0 aromatic heterocycles. The number of rotatable bonds is 3. The molecule has 0 saturated carbocycles. The third kappa shape index (κ3) is 2.99. The van der Waals surface area contributed by atoms with Gasteiger partial charge in [0.25, 0.3) is 0 Å². The molecular formula is C9H9F2NOS. The third-order valence-corrected chi connectivity index (χ3v) is 1.92. The van der Waals surface area contributed by atoms with Crippen molar-refractivity contribution in [2.45, 2.75) is 6.54 Å². The molecule has 0 heterocycles. The Hall–Kier alpha value is -1.10. The van der Waals surface area contributed by atoms with Crippen LogP contribution in [0.3, 0.4) is 0 Å². The first-order valence-corrected chi connectivity index (χ1v) is 4.58. The first-order valence-electron chi connectivity index (χ1n) is 3.95. The first-order chi connectivity index (χ1) is 6.63. The van der Waals surface area contributed by atoms with Gasteiger partial charge in [0.05, 0.1) is 5.75 Å². The van der Waals surface area contributed by atoms with Crippen LogP contribution in [0.2, 0.25) is 0 Å². The second kappa shape index (κ2) is 4.95. The van der Waals surface area contributed by atoms with Crippen molar-refractivity contribution >= 4 is 18.5 Å². The maximum atomic E-state index is 13.0. The third-order valence-electron chi connectivity index (χ3n) is 1.63. The SMILES string of the molecule is O=C(CS)NCc1ccc(F)cc1F. The Morgan fingerprint density at radius 3 is 2.71 bits per heavy atom. The Labute approximate surface area is 85.7 Å². The predicted octanol–water partition coefficient (Wildman–Crippen LogP) is 1.51. The van der Waals surface area contributed by atoms with E-state index in [1.54, 1.807) is 0 Å². The van der Waals surface area contributed by atoms with Gasteiger partial charge in [0.1, 0.15) is 11.6 Å². The van der Waals surface area contributed by atoms with Crippen LogP contribution in [0, 0.1) is 11.6 Å². The van der Waals surface area contributed by atoms with E-state index in [2.05, 4.69) is 17.9 Å². The molecule has 1 aromatic rings. The van der Waals surface area contributed by atoms with Crippen molar-refractivity contribution in [1.29, 1.82) is 0 Å². The van der Waals surface area contributed by atoms with Crippen molar-refractivity contribution in [2.75, 3.05) is 5.75 Å². The summed E-state index contributed by atoms with van der Waals surface area (Å²) in [5.41, 5.74) is 0.251. The molecular weight excluding hydrogens is 208 g/mol. The van der Waals surface area contributed by atoms with Gasteiger partial charge in [-0.2, -0.15) is 12.6 Å². The van der Waals surface area contributed by atoms with E-state index in [-0.39, 0.29) is 23.8 Å². The second-order valence-electron chi connectivity index (χ2n) is 2.67. The quantitative estimate of drug-likeness (QED) is 0.738. The lowest BCUT2D eigenvalue weighted by Gasteiger charge is -2.04. The van der Waals surface area contributed by atoms with Crippen LogP contribution < -0.4 is 5.32 Å². The van der Waals surface area contributed by atoms with Crippen LogP contribution in [-0.4, -0.2) is 11.7 Å². The fraction of sp³-hybridized carbons (Fsp3) is 0.222. The van der Waals surface area contributed by atoms with Crippen molar-refractivity contribution in [2.24, 2.45) is 0 Å². The number of carbonyl (C=O) groups is 1. The maximum absolute atomic E-state index is 13.0. The highest BCUT2D eigenvalue weighted by molar-refractivity contribution is 7.81. The fourth-order valence-electron chi connectivity index (χ4n) is 0.915. The van der Waals surface area contributed by atoms with Crippen molar-refractivity contribution in [3.05, 3.63) is 35.4 Å². The smallest absolute Gasteiger partial charge is 0.229 e. The average Bonchev–Trinajstić information content (AvgIpc) is 2.16. The van der Waals surface area contributed by atoms with Gasteiger partial charge in [-0.3, -0.25) is 4.79 Å². The molecule has 0 aliphatic heterocycles. The lowest BCUT2D eigenvalue weighted by atomic mass is 10.2. The van der Waals surface area contributed by atoms with Crippen molar-refractivity contribution in [1.82, 2.24) is 5.32 Å². The zero-order chi connectivity index (χ0) is 10.6. The van der Waals surface area contributed by atoms with Crippen LogP contribution in [0.4, 0.5) is 8.78 Å². The summed E-state index contributed by atoms with van der Waals surface area (Å²) >= 11 is 3.74. The van der Waals surface area contributed by atoms with Crippen molar-refractivity contribution in [3.63, 3.8) is 0 Å². The van der Waals surface area contributed by atoms with Gasteiger partial charge in [0.2, 0.25) is 5.91 Å².